The molecule has 1 N–H and O–H groups in total. The lowest BCUT2D eigenvalue weighted by atomic mass is 10.1. The van der Waals surface area contributed by atoms with Gasteiger partial charge in [0, 0.05) is 30.4 Å². The standard InChI is InChI=1S/C17H28N2O2/c1-5-18(6-2)14-10-11-19(12-14)15-8-7-9-16(21-4)17(15)13(3)20/h7-9,13-14,20H,5-6,10-12H2,1-4H3/t13-,14?/m1/s1. The van der Waals surface area contributed by atoms with Gasteiger partial charge in [-0.3, -0.25) is 4.90 Å². The number of likely N-dealkylation sites (N-methyl/N-ethyl adjacent to an activating group) is 1. The molecule has 1 unspecified atom stereocenters. The van der Waals surface area contributed by atoms with E-state index in [0.29, 0.717) is 6.04 Å². The Hall–Kier alpha value is -1.26. The molecule has 118 valence electrons. The van der Waals surface area contributed by atoms with Crippen LogP contribution >= 0.6 is 0 Å². The van der Waals surface area contributed by atoms with E-state index in [4.69, 9.17) is 4.74 Å². The van der Waals surface area contributed by atoms with Crippen molar-refractivity contribution in [2.75, 3.05) is 38.2 Å². The Morgan fingerprint density at radius 2 is 2.10 bits per heavy atom. The minimum absolute atomic E-state index is 0.524. The van der Waals surface area contributed by atoms with E-state index >= 15 is 0 Å². The Labute approximate surface area is 128 Å². The van der Waals surface area contributed by atoms with Crippen molar-refractivity contribution in [2.45, 2.75) is 39.3 Å². The Kier molecular flexibility index (Phi) is 5.48. The molecule has 1 aliphatic rings. The zero-order chi connectivity index (χ0) is 15.4. The van der Waals surface area contributed by atoms with Gasteiger partial charge in [0.15, 0.2) is 0 Å². The van der Waals surface area contributed by atoms with Gasteiger partial charge < -0.3 is 14.7 Å². The smallest absolute Gasteiger partial charge is 0.126 e. The molecule has 4 heteroatoms. The third-order valence-electron chi connectivity index (χ3n) is 4.51. The molecule has 0 radical (unpaired) electrons. The summed E-state index contributed by atoms with van der Waals surface area (Å²) in [7, 11) is 1.66. The van der Waals surface area contributed by atoms with Crippen molar-refractivity contribution >= 4 is 5.69 Å². The lowest BCUT2D eigenvalue weighted by molar-refractivity contribution is 0.194. The van der Waals surface area contributed by atoms with Crippen molar-refractivity contribution in [3.8, 4) is 5.75 Å². The molecule has 0 spiro atoms. The van der Waals surface area contributed by atoms with Crippen LogP contribution in [0.2, 0.25) is 0 Å². The summed E-state index contributed by atoms with van der Waals surface area (Å²) in [6.07, 6.45) is 0.654. The van der Waals surface area contributed by atoms with Crippen molar-refractivity contribution in [3.05, 3.63) is 23.8 Å². The SMILES string of the molecule is CCN(CC)C1CCN(c2cccc(OC)c2[C@@H](C)O)C1. The van der Waals surface area contributed by atoms with Gasteiger partial charge in [0.1, 0.15) is 5.75 Å². The molecule has 1 heterocycles. The normalized spacial score (nSPS) is 20.1. The van der Waals surface area contributed by atoms with Crippen molar-refractivity contribution in [2.24, 2.45) is 0 Å². The molecule has 4 nitrogen and oxygen atoms in total. The number of ether oxygens (including phenoxy) is 1. The van der Waals surface area contributed by atoms with Crippen LogP contribution in [0.25, 0.3) is 0 Å². The van der Waals surface area contributed by atoms with Crippen molar-refractivity contribution in [1.29, 1.82) is 0 Å². The first kappa shape index (κ1) is 16.1. The number of methoxy groups -OCH3 is 1. The Balaban J connectivity index is 2.24. The number of rotatable bonds is 6. The highest BCUT2D eigenvalue weighted by Crippen LogP contribution is 2.36. The van der Waals surface area contributed by atoms with Crippen LogP contribution in [0.15, 0.2) is 18.2 Å². The topological polar surface area (TPSA) is 35.9 Å². The van der Waals surface area contributed by atoms with Gasteiger partial charge in [-0.05, 0) is 38.6 Å². The first-order valence-corrected chi connectivity index (χ1v) is 7.96. The van der Waals surface area contributed by atoms with Gasteiger partial charge in [-0.15, -0.1) is 0 Å². The highest BCUT2D eigenvalue weighted by molar-refractivity contribution is 5.61. The van der Waals surface area contributed by atoms with E-state index in [9.17, 15) is 5.11 Å². The minimum atomic E-state index is -0.524. The zero-order valence-corrected chi connectivity index (χ0v) is 13.7. The molecule has 0 aromatic heterocycles. The molecular formula is C17H28N2O2. The summed E-state index contributed by atoms with van der Waals surface area (Å²) < 4.78 is 5.43. The van der Waals surface area contributed by atoms with Crippen LogP contribution < -0.4 is 9.64 Å². The predicted molar refractivity (Wildman–Crippen MR) is 87.2 cm³/mol. The van der Waals surface area contributed by atoms with Crippen LogP contribution in [0.4, 0.5) is 5.69 Å². The molecule has 1 aromatic rings. The average Bonchev–Trinajstić information content (AvgIpc) is 2.97. The van der Waals surface area contributed by atoms with Gasteiger partial charge in [-0.1, -0.05) is 19.9 Å². The summed E-state index contributed by atoms with van der Waals surface area (Å²) in [4.78, 5) is 4.90. The van der Waals surface area contributed by atoms with Gasteiger partial charge in [-0.25, -0.2) is 0 Å². The zero-order valence-electron chi connectivity index (χ0n) is 13.7. The number of benzene rings is 1. The largest absolute Gasteiger partial charge is 0.496 e. The van der Waals surface area contributed by atoms with E-state index in [1.165, 1.54) is 6.42 Å². The molecule has 1 saturated heterocycles. The van der Waals surface area contributed by atoms with Crippen LogP contribution in [-0.4, -0.2) is 49.3 Å². The van der Waals surface area contributed by atoms with E-state index in [0.717, 1.165) is 43.2 Å². The van der Waals surface area contributed by atoms with E-state index in [2.05, 4.69) is 29.7 Å². The molecule has 0 bridgehead atoms. The third-order valence-corrected chi connectivity index (χ3v) is 4.51. The maximum Gasteiger partial charge on any atom is 0.126 e. The van der Waals surface area contributed by atoms with Gasteiger partial charge in [0.05, 0.1) is 13.2 Å². The van der Waals surface area contributed by atoms with Crippen LogP contribution in [0, 0.1) is 0 Å². The van der Waals surface area contributed by atoms with Crippen LogP contribution in [0.3, 0.4) is 0 Å². The summed E-state index contributed by atoms with van der Waals surface area (Å²) in [6, 6.07) is 6.62. The lowest BCUT2D eigenvalue weighted by Crippen LogP contribution is -2.37. The average molecular weight is 292 g/mol. The number of aliphatic hydroxyl groups excluding tert-OH is 1. The number of hydrogen-bond acceptors (Lipinski definition) is 4. The second kappa shape index (κ2) is 7.14. The maximum absolute atomic E-state index is 10.1. The molecule has 1 fully saturated rings. The van der Waals surface area contributed by atoms with E-state index in [1.54, 1.807) is 14.0 Å². The Morgan fingerprint density at radius 1 is 1.38 bits per heavy atom. The molecule has 0 aliphatic carbocycles. The molecule has 0 amide bonds. The highest BCUT2D eigenvalue weighted by atomic mass is 16.5. The molecule has 1 aliphatic heterocycles. The fourth-order valence-corrected chi connectivity index (χ4v) is 3.40. The number of hydrogen-bond donors (Lipinski definition) is 1. The summed E-state index contributed by atoms with van der Waals surface area (Å²) in [5, 5.41) is 10.1. The molecule has 2 atom stereocenters. The third kappa shape index (κ3) is 3.33. The second-order valence-electron chi connectivity index (χ2n) is 5.68. The van der Waals surface area contributed by atoms with Gasteiger partial charge in [0.25, 0.3) is 0 Å². The van der Waals surface area contributed by atoms with Gasteiger partial charge in [0.2, 0.25) is 0 Å². The van der Waals surface area contributed by atoms with Crippen LogP contribution in [-0.2, 0) is 0 Å². The molecular weight excluding hydrogens is 264 g/mol. The van der Waals surface area contributed by atoms with Gasteiger partial charge >= 0.3 is 0 Å². The quantitative estimate of drug-likeness (QED) is 0.874. The molecule has 0 saturated carbocycles. The van der Waals surface area contributed by atoms with Crippen LogP contribution in [0.5, 0.6) is 5.75 Å². The van der Waals surface area contributed by atoms with Crippen molar-refractivity contribution in [1.82, 2.24) is 4.90 Å². The minimum Gasteiger partial charge on any atom is -0.496 e. The van der Waals surface area contributed by atoms with Crippen molar-refractivity contribution < 1.29 is 9.84 Å². The highest BCUT2D eigenvalue weighted by Gasteiger charge is 2.28. The fraction of sp³-hybridized carbons (Fsp3) is 0.647. The second-order valence-corrected chi connectivity index (χ2v) is 5.68. The Morgan fingerprint density at radius 3 is 2.67 bits per heavy atom. The summed E-state index contributed by atoms with van der Waals surface area (Å²) in [5.74, 6) is 0.772. The van der Waals surface area contributed by atoms with Crippen molar-refractivity contribution in [3.63, 3.8) is 0 Å². The summed E-state index contributed by atoms with van der Waals surface area (Å²) >= 11 is 0. The fourth-order valence-electron chi connectivity index (χ4n) is 3.40. The summed E-state index contributed by atoms with van der Waals surface area (Å²) in [6.45, 7) is 10.5. The maximum atomic E-state index is 10.1. The van der Waals surface area contributed by atoms with Gasteiger partial charge in [-0.2, -0.15) is 0 Å². The molecule has 1 aromatic carbocycles. The molecule has 2 rings (SSSR count). The monoisotopic (exact) mass is 292 g/mol. The molecule has 21 heavy (non-hydrogen) atoms. The van der Waals surface area contributed by atoms with E-state index in [-0.39, 0.29) is 0 Å². The first-order valence-electron chi connectivity index (χ1n) is 7.96. The number of anilines is 1. The summed E-state index contributed by atoms with van der Waals surface area (Å²) in [5.41, 5.74) is 2.01. The van der Waals surface area contributed by atoms with Crippen LogP contribution in [0.1, 0.15) is 38.9 Å². The van der Waals surface area contributed by atoms with E-state index < -0.39 is 6.10 Å². The predicted octanol–water partition coefficient (Wildman–Crippen LogP) is 2.67. The van der Waals surface area contributed by atoms with E-state index in [1.807, 2.05) is 12.1 Å². The Bertz CT molecular complexity index is 458. The number of aliphatic hydroxyl groups is 1. The number of nitrogens with zero attached hydrogens (tertiary/aromatic N) is 2. The lowest BCUT2D eigenvalue weighted by Gasteiger charge is -2.28. The first-order chi connectivity index (χ1) is 10.1.